The van der Waals surface area contributed by atoms with Gasteiger partial charge >= 0.3 is 10.2 Å². The lowest BCUT2D eigenvalue weighted by atomic mass is 10.1. The normalized spacial score (nSPS) is 17.5. The van der Waals surface area contributed by atoms with Crippen LogP contribution in [0.5, 0.6) is 0 Å². The summed E-state index contributed by atoms with van der Waals surface area (Å²) in [6.45, 7) is 0. The fraction of sp³-hybridized carbons (Fsp3) is 0.600. The Hall–Kier alpha value is -1.27. The van der Waals surface area contributed by atoms with Gasteiger partial charge in [-0.3, -0.25) is 4.72 Å². The molecule has 2 N–H and O–H groups in total. The number of rotatable bonds is 5. The van der Waals surface area contributed by atoms with Crippen LogP contribution in [0.3, 0.4) is 0 Å². The van der Waals surface area contributed by atoms with Crippen molar-refractivity contribution >= 4 is 21.6 Å². The number of hydrogen-bond donors (Lipinski definition) is 2. The maximum absolute atomic E-state index is 11.7. The molecule has 1 aliphatic rings. The third kappa shape index (κ3) is 4.89. The van der Waals surface area contributed by atoms with Gasteiger partial charge in [-0.2, -0.15) is 12.7 Å². The Kier molecular flexibility index (Phi) is 5.47. The summed E-state index contributed by atoms with van der Waals surface area (Å²) in [5, 5.41) is 3.55. The minimum absolute atomic E-state index is 0.539. The smallest absolute Gasteiger partial charge is 0.301 e. The van der Waals surface area contributed by atoms with Gasteiger partial charge in [0.2, 0.25) is 0 Å². The molecule has 0 unspecified atom stereocenters. The highest BCUT2D eigenvalue weighted by Gasteiger charge is 2.14. The van der Waals surface area contributed by atoms with E-state index in [-0.39, 0.29) is 0 Å². The van der Waals surface area contributed by atoms with Crippen LogP contribution in [0.2, 0.25) is 0 Å². The van der Waals surface area contributed by atoms with Crippen molar-refractivity contribution in [3.05, 3.63) is 24.3 Å². The maximum Gasteiger partial charge on any atom is 0.301 e. The Balaban J connectivity index is 1.95. The zero-order chi connectivity index (χ0) is 15.3. The van der Waals surface area contributed by atoms with Crippen LogP contribution in [0, 0.1) is 0 Å². The highest BCUT2D eigenvalue weighted by molar-refractivity contribution is 7.90. The van der Waals surface area contributed by atoms with Crippen LogP contribution in [0.1, 0.15) is 38.5 Å². The van der Waals surface area contributed by atoms with Crippen LogP contribution in [0.4, 0.5) is 11.4 Å². The molecule has 1 aromatic carbocycles. The molecule has 6 heteroatoms. The lowest BCUT2D eigenvalue weighted by Crippen LogP contribution is -2.28. The molecule has 1 fully saturated rings. The van der Waals surface area contributed by atoms with E-state index in [1.165, 1.54) is 52.6 Å². The van der Waals surface area contributed by atoms with Crippen LogP contribution in [-0.4, -0.2) is 32.9 Å². The van der Waals surface area contributed by atoms with E-state index in [2.05, 4.69) is 10.0 Å². The molecule has 0 heterocycles. The predicted molar refractivity (Wildman–Crippen MR) is 87.8 cm³/mol. The quantitative estimate of drug-likeness (QED) is 0.822. The Labute approximate surface area is 127 Å². The molecule has 1 aliphatic carbocycles. The van der Waals surface area contributed by atoms with Crippen molar-refractivity contribution < 1.29 is 8.42 Å². The summed E-state index contributed by atoms with van der Waals surface area (Å²) in [4.78, 5) is 0. The van der Waals surface area contributed by atoms with Gasteiger partial charge in [0.1, 0.15) is 0 Å². The van der Waals surface area contributed by atoms with Crippen LogP contribution in [0.25, 0.3) is 0 Å². The molecular weight excluding hydrogens is 286 g/mol. The van der Waals surface area contributed by atoms with Gasteiger partial charge in [-0.15, -0.1) is 0 Å². The van der Waals surface area contributed by atoms with Crippen molar-refractivity contribution in [3.63, 3.8) is 0 Å². The molecule has 0 amide bonds. The van der Waals surface area contributed by atoms with E-state index in [9.17, 15) is 8.42 Å². The van der Waals surface area contributed by atoms with Gasteiger partial charge in [0.25, 0.3) is 0 Å². The van der Waals surface area contributed by atoms with Gasteiger partial charge in [0.15, 0.2) is 0 Å². The van der Waals surface area contributed by atoms with E-state index >= 15 is 0 Å². The number of hydrogen-bond acceptors (Lipinski definition) is 3. The topological polar surface area (TPSA) is 61.4 Å². The van der Waals surface area contributed by atoms with E-state index in [0.29, 0.717) is 11.7 Å². The first-order chi connectivity index (χ1) is 9.97. The van der Waals surface area contributed by atoms with Gasteiger partial charge in [0, 0.05) is 31.5 Å². The molecule has 2 rings (SSSR count). The summed E-state index contributed by atoms with van der Waals surface area (Å²) < 4.78 is 27.2. The fourth-order valence-corrected chi connectivity index (χ4v) is 3.15. The second kappa shape index (κ2) is 7.13. The molecule has 118 valence electrons. The largest absolute Gasteiger partial charge is 0.382 e. The molecule has 5 nitrogen and oxygen atoms in total. The molecule has 0 spiro atoms. The van der Waals surface area contributed by atoms with Crippen LogP contribution < -0.4 is 10.0 Å². The van der Waals surface area contributed by atoms with Crippen LogP contribution >= 0.6 is 0 Å². The van der Waals surface area contributed by atoms with Crippen molar-refractivity contribution in [2.75, 3.05) is 24.1 Å². The SMILES string of the molecule is CN(C)S(=O)(=O)Nc1ccc(NC2CCCCCC2)cc1. The van der Waals surface area contributed by atoms with Gasteiger partial charge < -0.3 is 5.32 Å². The van der Waals surface area contributed by atoms with E-state index in [1.807, 2.05) is 12.1 Å². The minimum atomic E-state index is -3.43. The van der Waals surface area contributed by atoms with E-state index in [1.54, 1.807) is 12.1 Å². The van der Waals surface area contributed by atoms with Crippen molar-refractivity contribution in [1.82, 2.24) is 4.31 Å². The van der Waals surface area contributed by atoms with Crippen molar-refractivity contribution in [1.29, 1.82) is 0 Å². The highest BCUT2D eigenvalue weighted by atomic mass is 32.2. The molecule has 0 saturated heterocycles. The number of benzene rings is 1. The Morgan fingerprint density at radius 3 is 2.00 bits per heavy atom. The fourth-order valence-electron chi connectivity index (χ4n) is 2.53. The number of nitrogens with zero attached hydrogens (tertiary/aromatic N) is 1. The lowest BCUT2D eigenvalue weighted by Gasteiger charge is -2.18. The molecule has 1 aromatic rings. The Morgan fingerprint density at radius 1 is 0.952 bits per heavy atom. The minimum Gasteiger partial charge on any atom is -0.382 e. The second-order valence-corrected chi connectivity index (χ2v) is 7.68. The van der Waals surface area contributed by atoms with Crippen molar-refractivity contribution in [3.8, 4) is 0 Å². The number of nitrogens with one attached hydrogen (secondary N) is 2. The van der Waals surface area contributed by atoms with Gasteiger partial charge in [-0.25, -0.2) is 0 Å². The van der Waals surface area contributed by atoms with E-state index < -0.39 is 10.2 Å². The number of anilines is 2. The molecule has 0 atom stereocenters. The summed E-state index contributed by atoms with van der Waals surface area (Å²) in [6, 6.07) is 7.98. The highest BCUT2D eigenvalue weighted by Crippen LogP contribution is 2.22. The summed E-state index contributed by atoms with van der Waals surface area (Å²) in [5.41, 5.74) is 1.63. The Morgan fingerprint density at radius 2 is 1.48 bits per heavy atom. The van der Waals surface area contributed by atoms with Crippen molar-refractivity contribution in [2.45, 2.75) is 44.6 Å². The molecule has 0 bridgehead atoms. The zero-order valence-corrected chi connectivity index (χ0v) is 13.6. The predicted octanol–water partition coefficient (Wildman–Crippen LogP) is 3.04. The van der Waals surface area contributed by atoms with Gasteiger partial charge in [-0.05, 0) is 37.1 Å². The molecule has 0 radical (unpaired) electrons. The van der Waals surface area contributed by atoms with Crippen LogP contribution in [0.15, 0.2) is 24.3 Å². The first-order valence-electron chi connectivity index (χ1n) is 7.54. The third-order valence-electron chi connectivity index (χ3n) is 3.84. The summed E-state index contributed by atoms with van der Waals surface area (Å²) in [5.74, 6) is 0. The van der Waals surface area contributed by atoms with Gasteiger partial charge in [0.05, 0.1) is 0 Å². The summed E-state index contributed by atoms with van der Waals surface area (Å²) in [6.07, 6.45) is 7.69. The standard InChI is InChI=1S/C15H25N3O2S/c1-18(2)21(19,20)17-15-11-9-14(10-12-15)16-13-7-5-3-4-6-8-13/h9-13,16-17H,3-8H2,1-2H3. The summed E-state index contributed by atoms with van der Waals surface area (Å²) in [7, 11) is -0.425. The van der Waals surface area contributed by atoms with E-state index in [4.69, 9.17) is 0 Å². The van der Waals surface area contributed by atoms with Gasteiger partial charge in [-0.1, -0.05) is 25.7 Å². The molecule has 0 aliphatic heterocycles. The lowest BCUT2D eigenvalue weighted by molar-refractivity contribution is 0.527. The maximum atomic E-state index is 11.7. The van der Waals surface area contributed by atoms with Crippen molar-refractivity contribution in [2.24, 2.45) is 0 Å². The molecule has 0 aromatic heterocycles. The zero-order valence-electron chi connectivity index (χ0n) is 12.8. The Bertz CT molecular complexity index is 533. The molecule has 1 saturated carbocycles. The average molecular weight is 311 g/mol. The van der Waals surface area contributed by atoms with E-state index in [0.717, 1.165) is 9.99 Å². The third-order valence-corrected chi connectivity index (χ3v) is 5.29. The summed E-state index contributed by atoms with van der Waals surface area (Å²) >= 11 is 0. The monoisotopic (exact) mass is 311 g/mol. The second-order valence-electron chi connectivity index (χ2n) is 5.80. The first kappa shape index (κ1) is 16.1. The van der Waals surface area contributed by atoms with Crippen LogP contribution in [-0.2, 0) is 10.2 Å². The first-order valence-corrected chi connectivity index (χ1v) is 8.98. The molecule has 21 heavy (non-hydrogen) atoms. The average Bonchev–Trinajstić information content (AvgIpc) is 2.69. The molecular formula is C15H25N3O2S.